The molecule has 0 saturated carbocycles. The van der Waals surface area contributed by atoms with Crippen LogP contribution in [0.2, 0.25) is 0 Å². The molecule has 29 heavy (non-hydrogen) atoms. The number of carbonyl (C=O) groups excluding carboxylic acids is 1. The maximum atomic E-state index is 12.7. The molecule has 1 aliphatic rings. The molecule has 0 bridgehead atoms. The zero-order chi connectivity index (χ0) is 19.3. The van der Waals surface area contributed by atoms with Crippen LogP contribution in [0.25, 0.3) is 0 Å². The lowest BCUT2D eigenvalue weighted by Crippen LogP contribution is -2.48. The fraction of sp³-hybridized carbons (Fsp3) is 0.435. The lowest BCUT2D eigenvalue weighted by molar-refractivity contribution is -0.126. The molecule has 1 aliphatic heterocycles. The van der Waals surface area contributed by atoms with Gasteiger partial charge in [-0.2, -0.15) is 0 Å². The first-order valence-electron chi connectivity index (χ1n) is 9.88. The summed E-state index contributed by atoms with van der Waals surface area (Å²) in [4.78, 5) is 15.3. The lowest BCUT2D eigenvalue weighted by atomic mass is 9.92. The molecule has 1 heterocycles. The Hall–Kier alpha value is -1.59. The van der Waals surface area contributed by atoms with Crippen LogP contribution in [0.5, 0.6) is 0 Å². The molecular weight excluding hydrogens is 405 g/mol. The molecule has 2 atom stereocenters. The highest BCUT2D eigenvalue weighted by Crippen LogP contribution is 2.21. The highest BCUT2D eigenvalue weighted by Gasteiger charge is 2.30. The normalized spacial score (nSPS) is 18.7. The van der Waals surface area contributed by atoms with Crippen LogP contribution in [-0.4, -0.2) is 23.9 Å². The number of hydrogen-bond donors (Lipinski definition) is 2. The van der Waals surface area contributed by atoms with Crippen molar-refractivity contribution in [3.05, 3.63) is 71.3 Å². The molecule has 0 aromatic heterocycles. The van der Waals surface area contributed by atoms with Gasteiger partial charge in [-0.1, -0.05) is 61.5 Å². The third-order valence-electron chi connectivity index (χ3n) is 5.54. The van der Waals surface area contributed by atoms with E-state index in [0.29, 0.717) is 6.54 Å². The van der Waals surface area contributed by atoms with Gasteiger partial charge >= 0.3 is 0 Å². The van der Waals surface area contributed by atoms with Crippen molar-refractivity contribution >= 4 is 30.7 Å². The number of halogens is 2. The molecule has 160 valence electrons. The first-order chi connectivity index (χ1) is 13.0. The summed E-state index contributed by atoms with van der Waals surface area (Å²) >= 11 is 0. The van der Waals surface area contributed by atoms with Gasteiger partial charge in [-0.25, -0.2) is 0 Å². The number of likely N-dealkylation sites (tertiary alicyclic amines) is 1. The van der Waals surface area contributed by atoms with Crippen LogP contribution in [0.3, 0.4) is 0 Å². The van der Waals surface area contributed by atoms with Gasteiger partial charge in [0.05, 0.1) is 0 Å². The summed E-state index contributed by atoms with van der Waals surface area (Å²) in [7, 11) is 0. The van der Waals surface area contributed by atoms with Crippen LogP contribution in [0.15, 0.2) is 54.6 Å². The quantitative estimate of drug-likeness (QED) is 0.709. The summed E-state index contributed by atoms with van der Waals surface area (Å²) in [6.45, 7) is 7.82. The number of nitrogens with zero attached hydrogens (tertiary/aromatic N) is 1. The first kappa shape index (κ1) is 25.4. The standard InChI is InChI=1S/C23H31N3O.2ClH/c1-18-9-8-14-26(16-18)17-20-11-7-6-10-19(20)15-25-22(27)23(2,24)21-12-4-3-5-13-21;;/h3-7,10-13,18H,8-9,14-17,24H2,1-2H3,(H,25,27);2*1H. The van der Waals surface area contributed by atoms with Gasteiger partial charge in [0.1, 0.15) is 5.54 Å². The number of rotatable bonds is 6. The smallest absolute Gasteiger partial charge is 0.244 e. The van der Waals surface area contributed by atoms with Gasteiger partial charge in [-0.05, 0) is 48.9 Å². The fourth-order valence-electron chi connectivity index (χ4n) is 3.83. The summed E-state index contributed by atoms with van der Waals surface area (Å²) in [6, 6.07) is 17.9. The van der Waals surface area contributed by atoms with Gasteiger partial charge in [-0.15, -0.1) is 24.8 Å². The largest absolute Gasteiger partial charge is 0.350 e. The van der Waals surface area contributed by atoms with E-state index >= 15 is 0 Å². The molecule has 1 amide bonds. The van der Waals surface area contributed by atoms with E-state index in [-0.39, 0.29) is 30.7 Å². The van der Waals surface area contributed by atoms with E-state index < -0.39 is 5.54 Å². The predicted molar refractivity (Wildman–Crippen MR) is 124 cm³/mol. The van der Waals surface area contributed by atoms with Crippen LogP contribution < -0.4 is 11.1 Å². The first-order valence-corrected chi connectivity index (χ1v) is 9.88. The van der Waals surface area contributed by atoms with E-state index in [4.69, 9.17) is 5.73 Å². The average molecular weight is 438 g/mol. The van der Waals surface area contributed by atoms with Crippen molar-refractivity contribution < 1.29 is 4.79 Å². The number of hydrogen-bond acceptors (Lipinski definition) is 3. The van der Waals surface area contributed by atoms with E-state index in [1.165, 1.54) is 18.4 Å². The molecule has 4 nitrogen and oxygen atoms in total. The Morgan fingerprint density at radius 2 is 1.72 bits per heavy atom. The van der Waals surface area contributed by atoms with Crippen LogP contribution in [0.1, 0.15) is 43.4 Å². The van der Waals surface area contributed by atoms with E-state index in [1.54, 1.807) is 6.92 Å². The lowest BCUT2D eigenvalue weighted by Gasteiger charge is -2.31. The highest BCUT2D eigenvalue weighted by molar-refractivity contribution is 5.87. The molecule has 0 radical (unpaired) electrons. The van der Waals surface area contributed by atoms with Gasteiger partial charge < -0.3 is 11.1 Å². The second-order valence-electron chi connectivity index (χ2n) is 8.00. The van der Waals surface area contributed by atoms with E-state index in [2.05, 4.69) is 35.3 Å². The third-order valence-corrected chi connectivity index (χ3v) is 5.54. The molecule has 2 aromatic carbocycles. The number of benzene rings is 2. The number of carbonyl (C=O) groups is 1. The van der Waals surface area contributed by atoms with Crippen molar-refractivity contribution in [1.29, 1.82) is 0 Å². The minimum Gasteiger partial charge on any atom is -0.350 e. The Labute approximate surface area is 187 Å². The van der Waals surface area contributed by atoms with Gasteiger partial charge in [0.15, 0.2) is 0 Å². The molecular formula is C23H33Cl2N3O. The van der Waals surface area contributed by atoms with Crippen molar-refractivity contribution in [1.82, 2.24) is 10.2 Å². The van der Waals surface area contributed by atoms with Crippen LogP contribution in [-0.2, 0) is 23.4 Å². The van der Waals surface area contributed by atoms with Gasteiger partial charge in [0.2, 0.25) is 5.91 Å². The Morgan fingerprint density at radius 3 is 2.38 bits per heavy atom. The van der Waals surface area contributed by atoms with Gasteiger partial charge in [-0.3, -0.25) is 9.69 Å². The summed E-state index contributed by atoms with van der Waals surface area (Å²) < 4.78 is 0. The molecule has 2 unspecified atom stereocenters. The van der Waals surface area contributed by atoms with Crippen molar-refractivity contribution in [2.45, 2.75) is 45.3 Å². The number of nitrogens with one attached hydrogen (secondary N) is 1. The fourth-order valence-corrected chi connectivity index (χ4v) is 3.83. The van der Waals surface area contributed by atoms with Crippen molar-refractivity contribution in [3.63, 3.8) is 0 Å². The average Bonchev–Trinajstić information content (AvgIpc) is 2.68. The molecule has 0 spiro atoms. The van der Waals surface area contributed by atoms with Crippen molar-refractivity contribution in [2.75, 3.05) is 13.1 Å². The summed E-state index contributed by atoms with van der Waals surface area (Å²) in [5.41, 5.74) is 8.55. The van der Waals surface area contributed by atoms with Crippen molar-refractivity contribution in [2.24, 2.45) is 11.7 Å². The molecule has 0 aliphatic carbocycles. The highest BCUT2D eigenvalue weighted by atomic mass is 35.5. The zero-order valence-corrected chi connectivity index (χ0v) is 18.9. The monoisotopic (exact) mass is 437 g/mol. The number of piperidine rings is 1. The minimum absolute atomic E-state index is 0. The van der Waals surface area contributed by atoms with E-state index in [0.717, 1.165) is 36.7 Å². The number of amides is 1. The molecule has 6 heteroatoms. The Kier molecular flexibility index (Phi) is 10.1. The summed E-state index contributed by atoms with van der Waals surface area (Å²) in [5.74, 6) is 0.601. The van der Waals surface area contributed by atoms with Crippen LogP contribution in [0, 0.1) is 5.92 Å². The van der Waals surface area contributed by atoms with Crippen molar-refractivity contribution in [3.8, 4) is 0 Å². The molecule has 3 rings (SSSR count). The maximum Gasteiger partial charge on any atom is 0.244 e. The van der Waals surface area contributed by atoms with E-state index in [9.17, 15) is 4.79 Å². The van der Waals surface area contributed by atoms with Gasteiger partial charge in [0.25, 0.3) is 0 Å². The minimum atomic E-state index is -1.04. The Balaban J connectivity index is 0.00000210. The third kappa shape index (κ3) is 6.71. The second kappa shape index (κ2) is 11.6. The summed E-state index contributed by atoms with van der Waals surface area (Å²) in [5, 5.41) is 3.04. The van der Waals surface area contributed by atoms with Gasteiger partial charge in [0, 0.05) is 19.6 Å². The van der Waals surface area contributed by atoms with Crippen LogP contribution >= 0.6 is 24.8 Å². The Bertz CT molecular complexity index is 768. The SMILES string of the molecule is CC1CCCN(Cc2ccccc2CNC(=O)C(C)(N)c2ccccc2)C1.Cl.Cl. The molecule has 2 aromatic rings. The molecule has 1 saturated heterocycles. The van der Waals surface area contributed by atoms with E-state index in [1.807, 2.05) is 36.4 Å². The summed E-state index contributed by atoms with van der Waals surface area (Å²) in [6.07, 6.45) is 2.59. The topological polar surface area (TPSA) is 58.4 Å². The second-order valence-corrected chi connectivity index (χ2v) is 8.00. The molecule has 1 fully saturated rings. The predicted octanol–water partition coefficient (Wildman–Crippen LogP) is 4.25. The molecule has 3 N–H and O–H groups in total. The van der Waals surface area contributed by atoms with Crippen LogP contribution in [0.4, 0.5) is 0 Å². The number of nitrogens with two attached hydrogens (primary N) is 1. The zero-order valence-electron chi connectivity index (χ0n) is 17.3. The Morgan fingerprint density at radius 1 is 1.10 bits per heavy atom. The maximum absolute atomic E-state index is 12.7.